The van der Waals surface area contributed by atoms with Crippen LogP contribution in [0.4, 0.5) is 11.4 Å². The summed E-state index contributed by atoms with van der Waals surface area (Å²) in [6.07, 6.45) is 3.59. The Bertz CT molecular complexity index is 1120. The molecule has 5 nitrogen and oxygen atoms in total. The molecule has 0 fully saturated rings. The molecular formula is C23H21IN4OS. The fourth-order valence-electron chi connectivity index (χ4n) is 3.09. The number of aromatic nitrogens is 1. The van der Waals surface area contributed by atoms with Gasteiger partial charge in [0, 0.05) is 38.7 Å². The zero-order chi connectivity index (χ0) is 21.1. The van der Waals surface area contributed by atoms with Gasteiger partial charge >= 0.3 is 0 Å². The summed E-state index contributed by atoms with van der Waals surface area (Å²) in [6.45, 7) is 4.07. The quantitative estimate of drug-likeness (QED) is 0.420. The molecular weight excluding hydrogens is 507 g/mol. The van der Waals surface area contributed by atoms with E-state index in [1.165, 1.54) is 5.56 Å². The van der Waals surface area contributed by atoms with Gasteiger partial charge in [-0.25, -0.2) is 0 Å². The number of halogens is 1. The largest absolute Gasteiger partial charge is 0.335 e. The van der Waals surface area contributed by atoms with Crippen molar-refractivity contribution < 1.29 is 4.79 Å². The molecule has 0 spiro atoms. The summed E-state index contributed by atoms with van der Waals surface area (Å²) in [6, 6.07) is 15.7. The van der Waals surface area contributed by atoms with Crippen molar-refractivity contribution in [1.82, 2.24) is 4.98 Å². The van der Waals surface area contributed by atoms with Crippen molar-refractivity contribution in [3.05, 3.63) is 86.7 Å². The molecule has 152 valence electrons. The van der Waals surface area contributed by atoms with Gasteiger partial charge in [0.25, 0.3) is 5.91 Å². The number of nitrogens with zero attached hydrogens (tertiary/aromatic N) is 2. The van der Waals surface area contributed by atoms with Crippen LogP contribution in [-0.2, 0) is 0 Å². The number of hydrogen-bond donors (Lipinski definition) is 2. The van der Waals surface area contributed by atoms with Gasteiger partial charge in [-0.05, 0) is 89.5 Å². The van der Waals surface area contributed by atoms with Gasteiger partial charge in [0.05, 0.1) is 6.04 Å². The van der Waals surface area contributed by atoms with Crippen molar-refractivity contribution in [2.45, 2.75) is 19.9 Å². The fourth-order valence-corrected chi connectivity index (χ4v) is 4.57. The molecule has 1 aliphatic heterocycles. The van der Waals surface area contributed by atoms with Gasteiger partial charge in [-0.1, -0.05) is 23.9 Å². The molecule has 1 aliphatic rings. The molecule has 1 unspecified atom stereocenters. The summed E-state index contributed by atoms with van der Waals surface area (Å²) < 4.78 is 1.12. The molecule has 4 rings (SSSR count). The van der Waals surface area contributed by atoms with Crippen LogP contribution >= 0.6 is 34.4 Å². The molecule has 3 aromatic rings. The highest BCUT2D eigenvalue weighted by Gasteiger charge is 2.20. The van der Waals surface area contributed by atoms with E-state index in [4.69, 9.17) is 4.99 Å². The maximum atomic E-state index is 12.8. The topological polar surface area (TPSA) is 66.4 Å². The highest BCUT2D eigenvalue weighted by molar-refractivity contribution is 14.1. The normalized spacial score (nSPS) is 15.6. The monoisotopic (exact) mass is 528 g/mol. The number of pyridine rings is 1. The first-order valence-corrected chi connectivity index (χ1v) is 11.6. The van der Waals surface area contributed by atoms with Crippen LogP contribution in [0.2, 0.25) is 0 Å². The Hall–Kier alpha value is -2.39. The predicted molar refractivity (Wildman–Crippen MR) is 134 cm³/mol. The fraction of sp³-hybridized carbons (Fsp3) is 0.174. The van der Waals surface area contributed by atoms with Crippen LogP contribution in [0.5, 0.6) is 0 Å². The molecule has 0 aliphatic carbocycles. The van der Waals surface area contributed by atoms with Crippen molar-refractivity contribution >= 4 is 56.8 Å². The third-order valence-electron chi connectivity index (χ3n) is 4.91. The predicted octanol–water partition coefficient (Wildman–Crippen LogP) is 5.81. The molecule has 2 N–H and O–H groups in total. The minimum Gasteiger partial charge on any atom is -0.335 e. The molecule has 0 bridgehead atoms. The number of amides is 1. The van der Waals surface area contributed by atoms with Crippen molar-refractivity contribution in [3.8, 4) is 0 Å². The number of benzene rings is 2. The maximum absolute atomic E-state index is 12.8. The van der Waals surface area contributed by atoms with Gasteiger partial charge in [-0.15, -0.1) is 0 Å². The summed E-state index contributed by atoms with van der Waals surface area (Å²) in [7, 11) is 0. The summed E-state index contributed by atoms with van der Waals surface area (Å²) in [5, 5.41) is 7.25. The molecule has 7 heteroatoms. The number of amidine groups is 1. The zero-order valence-corrected chi connectivity index (χ0v) is 19.6. The van der Waals surface area contributed by atoms with Gasteiger partial charge in [-0.3, -0.25) is 14.8 Å². The number of thioether (sulfide) groups is 1. The molecule has 1 aromatic heterocycles. The summed E-state index contributed by atoms with van der Waals surface area (Å²) in [5.41, 5.74) is 5.70. The first kappa shape index (κ1) is 20.9. The average molecular weight is 528 g/mol. The van der Waals surface area contributed by atoms with Gasteiger partial charge in [0.15, 0.2) is 5.17 Å². The number of carbonyl (C=O) groups is 1. The van der Waals surface area contributed by atoms with E-state index in [0.717, 1.165) is 37.0 Å². The summed E-state index contributed by atoms with van der Waals surface area (Å²) in [5.74, 6) is 0.755. The Morgan fingerprint density at radius 1 is 1.07 bits per heavy atom. The van der Waals surface area contributed by atoms with Crippen LogP contribution in [0.3, 0.4) is 0 Å². The van der Waals surface area contributed by atoms with Crippen molar-refractivity contribution in [1.29, 1.82) is 0 Å². The van der Waals surface area contributed by atoms with Gasteiger partial charge in [0.2, 0.25) is 0 Å². The molecule has 2 heterocycles. The number of aryl methyl sites for hydroxylation is 2. The second-order valence-corrected chi connectivity index (χ2v) is 9.29. The van der Waals surface area contributed by atoms with Gasteiger partial charge in [-0.2, -0.15) is 0 Å². The SMILES string of the molecule is Cc1ccc(NC(=O)c2ccc(C)c(NC3=NC(c4ccncc4)CS3)c2)cc1I. The van der Waals surface area contributed by atoms with Crippen LogP contribution < -0.4 is 10.6 Å². The van der Waals surface area contributed by atoms with E-state index >= 15 is 0 Å². The smallest absolute Gasteiger partial charge is 0.255 e. The average Bonchev–Trinajstić information content (AvgIpc) is 3.21. The molecule has 1 amide bonds. The molecule has 2 aromatic carbocycles. The Morgan fingerprint density at radius 3 is 2.60 bits per heavy atom. The Morgan fingerprint density at radius 2 is 1.83 bits per heavy atom. The summed E-state index contributed by atoms with van der Waals surface area (Å²) in [4.78, 5) is 21.6. The maximum Gasteiger partial charge on any atom is 0.255 e. The molecule has 30 heavy (non-hydrogen) atoms. The second kappa shape index (κ2) is 9.18. The Labute approximate surface area is 193 Å². The van der Waals surface area contributed by atoms with Crippen molar-refractivity contribution in [3.63, 3.8) is 0 Å². The third-order valence-corrected chi connectivity index (χ3v) is 7.04. The molecule has 0 saturated heterocycles. The lowest BCUT2D eigenvalue weighted by molar-refractivity contribution is 0.102. The first-order valence-electron chi connectivity index (χ1n) is 9.55. The van der Waals surface area contributed by atoms with E-state index in [1.54, 1.807) is 24.2 Å². The van der Waals surface area contributed by atoms with E-state index in [2.05, 4.69) is 38.2 Å². The Balaban J connectivity index is 1.49. The number of anilines is 2. The highest BCUT2D eigenvalue weighted by atomic mass is 127. The lowest BCUT2D eigenvalue weighted by Crippen LogP contribution is -2.13. The van der Waals surface area contributed by atoms with Crippen LogP contribution in [0, 0.1) is 17.4 Å². The van der Waals surface area contributed by atoms with Crippen LogP contribution in [-0.4, -0.2) is 21.8 Å². The number of hydrogen-bond acceptors (Lipinski definition) is 5. The van der Waals surface area contributed by atoms with E-state index in [0.29, 0.717) is 5.56 Å². The lowest BCUT2D eigenvalue weighted by Gasteiger charge is -2.12. The standard InChI is InChI=1S/C23H21IN4OS/c1-14-4-6-18(12-19(14)24)26-22(29)17-5-3-15(2)20(11-17)27-23-28-21(13-30-23)16-7-9-25-10-8-16/h3-12,21H,13H2,1-2H3,(H,26,29)(H,27,28). The minimum atomic E-state index is -0.131. The number of nitrogens with one attached hydrogen (secondary N) is 2. The molecule has 1 atom stereocenters. The van der Waals surface area contributed by atoms with Crippen molar-refractivity contribution in [2.75, 3.05) is 16.4 Å². The first-order chi connectivity index (χ1) is 14.5. The highest BCUT2D eigenvalue weighted by Crippen LogP contribution is 2.31. The van der Waals surface area contributed by atoms with Crippen LogP contribution in [0.15, 0.2) is 65.9 Å². The number of carbonyl (C=O) groups excluding carboxylic acids is 1. The van der Waals surface area contributed by atoms with E-state index < -0.39 is 0 Å². The lowest BCUT2D eigenvalue weighted by atomic mass is 10.1. The van der Waals surface area contributed by atoms with Gasteiger partial charge < -0.3 is 10.6 Å². The van der Waals surface area contributed by atoms with E-state index in [1.807, 2.05) is 62.4 Å². The zero-order valence-electron chi connectivity index (χ0n) is 16.6. The molecule has 0 radical (unpaired) electrons. The number of rotatable bonds is 4. The van der Waals surface area contributed by atoms with Gasteiger partial charge in [0.1, 0.15) is 0 Å². The summed E-state index contributed by atoms with van der Waals surface area (Å²) >= 11 is 3.96. The van der Waals surface area contributed by atoms with E-state index in [9.17, 15) is 4.79 Å². The third kappa shape index (κ3) is 4.84. The molecule has 0 saturated carbocycles. The van der Waals surface area contributed by atoms with Crippen LogP contribution in [0.25, 0.3) is 0 Å². The minimum absolute atomic E-state index is 0.122. The Kier molecular flexibility index (Phi) is 6.38. The van der Waals surface area contributed by atoms with Crippen molar-refractivity contribution in [2.24, 2.45) is 4.99 Å². The second-order valence-electron chi connectivity index (χ2n) is 7.11. The van der Waals surface area contributed by atoms with Crippen LogP contribution in [0.1, 0.15) is 33.1 Å². The number of aliphatic imine (C=N–C) groups is 1. The van der Waals surface area contributed by atoms with E-state index in [-0.39, 0.29) is 11.9 Å².